The van der Waals surface area contributed by atoms with Crippen LogP contribution in [-0.4, -0.2) is 18.7 Å². The molecule has 0 aliphatic heterocycles. The summed E-state index contributed by atoms with van der Waals surface area (Å²) in [5.74, 6) is 0.686. The molecule has 0 aromatic heterocycles. The molecule has 0 fully saturated rings. The summed E-state index contributed by atoms with van der Waals surface area (Å²) in [6.07, 6.45) is 1.28. The van der Waals surface area contributed by atoms with E-state index in [-0.39, 0.29) is 12.4 Å². The Labute approximate surface area is 89.1 Å². The molecule has 0 atom stereocenters. The van der Waals surface area contributed by atoms with Crippen molar-refractivity contribution in [3.05, 3.63) is 29.3 Å². The van der Waals surface area contributed by atoms with E-state index in [1.54, 1.807) is 6.07 Å². The molecule has 0 aliphatic carbocycles. The first kappa shape index (κ1) is 11.4. The van der Waals surface area contributed by atoms with Crippen LogP contribution in [0.4, 0.5) is 0 Å². The van der Waals surface area contributed by atoms with Crippen molar-refractivity contribution in [3.63, 3.8) is 0 Å². The van der Waals surface area contributed by atoms with Crippen LogP contribution in [0.25, 0.3) is 0 Å². The summed E-state index contributed by atoms with van der Waals surface area (Å²) in [6.45, 7) is 3.47. The number of carbonyl (C=O) groups is 2. The van der Waals surface area contributed by atoms with Gasteiger partial charge in [0, 0.05) is 6.42 Å². The third-order valence-electron chi connectivity index (χ3n) is 1.99. The van der Waals surface area contributed by atoms with Gasteiger partial charge in [-0.15, -0.1) is 0 Å². The second-order valence-corrected chi connectivity index (χ2v) is 3.46. The maximum absolute atomic E-state index is 10.7. The van der Waals surface area contributed by atoms with Gasteiger partial charge in [0.2, 0.25) is 0 Å². The lowest BCUT2D eigenvalue weighted by atomic mass is 10.1. The summed E-state index contributed by atoms with van der Waals surface area (Å²) >= 11 is 0. The highest BCUT2D eigenvalue weighted by atomic mass is 16.5. The van der Waals surface area contributed by atoms with Crippen molar-refractivity contribution in [2.75, 3.05) is 6.61 Å². The Hall–Kier alpha value is -1.64. The zero-order valence-electron chi connectivity index (χ0n) is 8.95. The first-order valence-electron chi connectivity index (χ1n) is 4.79. The quantitative estimate of drug-likeness (QED) is 0.689. The van der Waals surface area contributed by atoms with Gasteiger partial charge in [0.05, 0.1) is 0 Å². The largest absolute Gasteiger partial charge is 0.486 e. The van der Waals surface area contributed by atoms with E-state index in [1.165, 1.54) is 6.92 Å². The van der Waals surface area contributed by atoms with E-state index in [1.807, 2.05) is 19.1 Å². The number of aldehydes is 1. The summed E-state index contributed by atoms with van der Waals surface area (Å²) < 4.78 is 5.29. The average Bonchev–Trinajstić information content (AvgIpc) is 2.17. The fourth-order valence-electron chi connectivity index (χ4n) is 1.28. The second-order valence-electron chi connectivity index (χ2n) is 3.46. The second kappa shape index (κ2) is 5.29. The Morgan fingerprint density at radius 2 is 2.20 bits per heavy atom. The topological polar surface area (TPSA) is 43.4 Å². The molecule has 0 bridgehead atoms. The predicted molar refractivity (Wildman–Crippen MR) is 57.1 cm³/mol. The number of hydrogen-bond acceptors (Lipinski definition) is 3. The molecule has 0 N–H and O–H groups in total. The lowest BCUT2D eigenvalue weighted by Crippen LogP contribution is -2.07. The molecule has 1 aromatic rings. The van der Waals surface area contributed by atoms with Crippen LogP contribution >= 0.6 is 0 Å². The van der Waals surface area contributed by atoms with Gasteiger partial charge in [-0.3, -0.25) is 4.79 Å². The molecule has 15 heavy (non-hydrogen) atoms. The highest BCUT2D eigenvalue weighted by Gasteiger charge is 2.02. The minimum atomic E-state index is -0.00799. The normalized spacial score (nSPS) is 9.73. The van der Waals surface area contributed by atoms with Gasteiger partial charge in [-0.25, -0.2) is 0 Å². The molecule has 0 unspecified atom stereocenters. The molecule has 1 aromatic carbocycles. The van der Waals surface area contributed by atoms with Crippen molar-refractivity contribution in [1.82, 2.24) is 0 Å². The maximum atomic E-state index is 10.7. The van der Waals surface area contributed by atoms with E-state index >= 15 is 0 Å². The van der Waals surface area contributed by atoms with E-state index in [2.05, 4.69) is 0 Å². The zero-order chi connectivity index (χ0) is 11.3. The molecule has 80 valence electrons. The molecule has 0 heterocycles. The Balaban J connectivity index is 2.74. The van der Waals surface area contributed by atoms with Crippen molar-refractivity contribution < 1.29 is 14.3 Å². The lowest BCUT2D eigenvalue weighted by molar-refractivity contribution is -0.118. The summed E-state index contributed by atoms with van der Waals surface area (Å²) in [5, 5.41) is 0. The zero-order valence-corrected chi connectivity index (χ0v) is 8.95. The van der Waals surface area contributed by atoms with Gasteiger partial charge < -0.3 is 9.53 Å². The predicted octanol–water partition coefficient (Wildman–Crippen LogP) is 1.70. The van der Waals surface area contributed by atoms with E-state index in [9.17, 15) is 9.59 Å². The molecule has 3 nitrogen and oxygen atoms in total. The van der Waals surface area contributed by atoms with Crippen LogP contribution in [0.1, 0.15) is 18.1 Å². The number of ether oxygens (including phenoxy) is 1. The molecule has 0 saturated carbocycles. The van der Waals surface area contributed by atoms with Gasteiger partial charge in [0.1, 0.15) is 18.6 Å². The van der Waals surface area contributed by atoms with Gasteiger partial charge >= 0.3 is 0 Å². The first-order chi connectivity index (χ1) is 7.13. The Bertz CT molecular complexity index is 369. The van der Waals surface area contributed by atoms with E-state index in [0.29, 0.717) is 12.2 Å². The van der Waals surface area contributed by atoms with Crippen LogP contribution in [0.3, 0.4) is 0 Å². The lowest BCUT2D eigenvalue weighted by Gasteiger charge is -2.08. The number of ketones is 1. The van der Waals surface area contributed by atoms with Crippen molar-refractivity contribution >= 4 is 12.1 Å². The van der Waals surface area contributed by atoms with E-state index in [4.69, 9.17) is 4.74 Å². The van der Waals surface area contributed by atoms with Gasteiger partial charge in [-0.1, -0.05) is 12.1 Å². The number of hydrogen-bond donors (Lipinski definition) is 0. The van der Waals surface area contributed by atoms with Gasteiger partial charge in [-0.05, 0) is 31.0 Å². The number of carbonyl (C=O) groups excluding carboxylic acids is 2. The smallest absolute Gasteiger partial charge is 0.167 e. The Morgan fingerprint density at radius 1 is 1.47 bits per heavy atom. The highest BCUT2D eigenvalue weighted by molar-refractivity contribution is 5.77. The number of benzene rings is 1. The van der Waals surface area contributed by atoms with Gasteiger partial charge in [0.15, 0.2) is 5.78 Å². The molecular formula is C12H14O3. The van der Waals surface area contributed by atoms with Crippen molar-refractivity contribution in [3.8, 4) is 5.75 Å². The standard InChI is InChI=1S/C12H14O3/c1-9-7-11(5-6-13)3-4-12(9)15-8-10(2)14/h3-4,6-7H,5,8H2,1-2H3. The monoisotopic (exact) mass is 206 g/mol. The van der Waals surface area contributed by atoms with Crippen LogP contribution in [0.15, 0.2) is 18.2 Å². The van der Waals surface area contributed by atoms with Gasteiger partial charge in [-0.2, -0.15) is 0 Å². The van der Waals surface area contributed by atoms with Crippen molar-refractivity contribution in [2.45, 2.75) is 20.3 Å². The third kappa shape index (κ3) is 3.54. The fraction of sp³-hybridized carbons (Fsp3) is 0.333. The number of aryl methyl sites for hydroxylation is 1. The van der Waals surface area contributed by atoms with E-state index in [0.717, 1.165) is 17.4 Å². The van der Waals surface area contributed by atoms with Crippen LogP contribution in [0.5, 0.6) is 5.75 Å². The summed E-state index contributed by atoms with van der Waals surface area (Å²) in [5.41, 5.74) is 1.90. The van der Waals surface area contributed by atoms with Crippen LogP contribution in [0.2, 0.25) is 0 Å². The molecule has 0 radical (unpaired) electrons. The van der Waals surface area contributed by atoms with Crippen molar-refractivity contribution in [1.29, 1.82) is 0 Å². The minimum Gasteiger partial charge on any atom is -0.486 e. The average molecular weight is 206 g/mol. The maximum Gasteiger partial charge on any atom is 0.167 e. The Kier molecular flexibility index (Phi) is 4.03. The Morgan fingerprint density at radius 3 is 2.73 bits per heavy atom. The van der Waals surface area contributed by atoms with Crippen LogP contribution in [0, 0.1) is 6.92 Å². The molecule has 0 amide bonds. The van der Waals surface area contributed by atoms with E-state index < -0.39 is 0 Å². The molecule has 0 aliphatic rings. The molecule has 1 rings (SSSR count). The molecule has 3 heteroatoms. The fourth-order valence-corrected chi connectivity index (χ4v) is 1.28. The summed E-state index contributed by atoms with van der Waals surface area (Å²) in [6, 6.07) is 5.51. The molecule has 0 saturated heterocycles. The SMILES string of the molecule is CC(=O)COc1ccc(CC=O)cc1C. The molecular weight excluding hydrogens is 192 g/mol. The molecule has 0 spiro atoms. The van der Waals surface area contributed by atoms with Crippen LogP contribution < -0.4 is 4.74 Å². The van der Waals surface area contributed by atoms with Gasteiger partial charge in [0.25, 0.3) is 0 Å². The number of rotatable bonds is 5. The van der Waals surface area contributed by atoms with Crippen LogP contribution in [-0.2, 0) is 16.0 Å². The third-order valence-corrected chi connectivity index (χ3v) is 1.99. The summed E-state index contributed by atoms with van der Waals surface area (Å²) in [4.78, 5) is 21.0. The number of Topliss-reactive ketones (excluding diaryl/α,β-unsaturated/α-hetero) is 1. The summed E-state index contributed by atoms with van der Waals surface area (Å²) in [7, 11) is 0. The first-order valence-corrected chi connectivity index (χ1v) is 4.79. The highest BCUT2D eigenvalue weighted by Crippen LogP contribution is 2.19. The minimum absolute atomic E-state index is 0.00799. The van der Waals surface area contributed by atoms with Crippen molar-refractivity contribution in [2.24, 2.45) is 0 Å².